The summed E-state index contributed by atoms with van der Waals surface area (Å²) >= 11 is 0. The quantitative estimate of drug-likeness (QED) is 0.853. The number of methoxy groups -OCH3 is 1. The van der Waals surface area contributed by atoms with Crippen LogP contribution in [0.25, 0.3) is 0 Å². The highest BCUT2D eigenvalue weighted by atomic mass is 16.5. The summed E-state index contributed by atoms with van der Waals surface area (Å²) in [6.07, 6.45) is 1.81. The van der Waals surface area contributed by atoms with Crippen LogP contribution in [0.4, 0.5) is 17.3 Å². The number of anilines is 3. The Balaban J connectivity index is 2.34. The number of nitrogens with one attached hydrogen (secondary N) is 1. The zero-order valence-corrected chi connectivity index (χ0v) is 12.8. The first-order valence-electron chi connectivity index (χ1n) is 7.12. The molecule has 0 saturated heterocycles. The van der Waals surface area contributed by atoms with Crippen molar-refractivity contribution in [3.05, 3.63) is 41.2 Å². The molecule has 0 spiro atoms. The number of benzene rings is 1. The standard InChI is InChI=1S/C16H22N4O/c1-4-7-14-19-15(17)11(2)16(20-14)18-13-9-6-5-8-12(13)10-21-3/h5-6,8-9H,4,7,10H2,1-3H3,(H3,17,18,19,20). The van der Waals surface area contributed by atoms with E-state index in [1.807, 2.05) is 31.2 Å². The Bertz CT molecular complexity index is 613. The van der Waals surface area contributed by atoms with E-state index in [-0.39, 0.29) is 0 Å². The SMILES string of the molecule is CCCc1nc(N)c(C)c(Nc2ccccc2COC)n1. The van der Waals surface area contributed by atoms with E-state index in [1.165, 1.54) is 0 Å². The average Bonchev–Trinajstić information content (AvgIpc) is 2.47. The Kier molecular flexibility index (Phi) is 5.11. The molecule has 0 saturated carbocycles. The molecule has 3 N–H and O–H groups in total. The Morgan fingerprint density at radius 1 is 1.24 bits per heavy atom. The minimum absolute atomic E-state index is 0.528. The first kappa shape index (κ1) is 15.3. The molecule has 0 atom stereocenters. The minimum Gasteiger partial charge on any atom is -0.383 e. The van der Waals surface area contributed by atoms with Crippen LogP contribution in [0, 0.1) is 6.92 Å². The number of aromatic nitrogens is 2. The first-order valence-corrected chi connectivity index (χ1v) is 7.12. The number of rotatable bonds is 6. The lowest BCUT2D eigenvalue weighted by Crippen LogP contribution is -2.08. The molecule has 0 aliphatic carbocycles. The van der Waals surface area contributed by atoms with E-state index in [1.54, 1.807) is 7.11 Å². The lowest BCUT2D eigenvalue weighted by atomic mass is 10.2. The zero-order valence-electron chi connectivity index (χ0n) is 12.8. The number of nitrogens with zero attached hydrogens (tertiary/aromatic N) is 2. The first-order chi connectivity index (χ1) is 10.2. The lowest BCUT2D eigenvalue weighted by molar-refractivity contribution is 0.185. The van der Waals surface area contributed by atoms with E-state index in [4.69, 9.17) is 10.5 Å². The van der Waals surface area contributed by atoms with Crippen LogP contribution in [0.1, 0.15) is 30.3 Å². The maximum Gasteiger partial charge on any atom is 0.139 e. The number of nitrogens with two attached hydrogens (primary N) is 1. The molecule has 0 fully saturated rings. The molecule has 21 heavy (non-hydrogen) atoms. The summed E-state index contributed by atoms with van der Waals surface area (Å²) in [5.41, 5.74) is 8.90. The van der Waals surface area contributed by atoms with Gasteiger partial charge in [-0.1, -0.05) is 25.1 Å². The van der Waals surface area contributed by atoms with Crippen LogP contribution in [0.3, 0.4) is 0 Å². The van der Waals surface area contributed by atoms with Crippen LogP contribution in [0.15, 0.2) is 24.3 Å². The number of hydrogen-bond donors (Lipinski definition) is 2. The molecule has 0 aliphatic heterocycles. The highest BCUT2D eigenvalue weighted by molar-refractivity contribution is 5.66. The number of aryl methyl sites for hydroxylation is 1. The Labute approximate surface area is 125 Å². The number of ether oxygens (including phenoxy) is 1. The van der Waals surface area contributed by atoms with E-state index < -0.39 is 0 Å². The molecular formula is C16H22N4O. The van der Waals surface area contributed by atoms with Gasteiger partial charge in [0, 0.05) is 30.3 Å². The van der Waals surface area contributed by atoms with Gasteiger partial charge in [0.25, 0.3) is 0 Å². The van der Waals surface area contributed by atoms with Gasteiger partial charge in [0.2, 0.25) is 0 Å². The fraction of sp³-hybridized carbons (Fsp3) is 0.375. The van der Waals surface area contributed by atoms with Crippen molar-refractivity contribution in [3.63, 3.8) is 0 Å². The highest BCUT2D eigenvalue weighted by Gasteiger charge is 2.10. The van der Waals surface area contributed by atoms with Crippen molar-refractivity contribution in [1.29, 1.82) is 0 Å². The van der Waals surface area contributed by atoms with Crippen LogP contribution in [0.2, 0.25) is 0 Å². The van der Waals surface area contributed by atoms with Gasteiger partial charge in [-0.3, -0.25) is 0 Å². The number of hydrogen-bond acceptors (Lipinski definition) is 5. The monoisotopic (exact) mass is 286 g/mol. The summed E-state index contributed by atoms with van der Waals surface area (Å²) in [5, 5.41) is 3.35. The summed E-state index contributed by atoms with van der Waals surface area (Å²) in [5.74, 6) is 2.06. The molecule has 0 bridgehead atoms. The molecular weight excluding hydrogens is 264 g/mol. The second kappa shape index (κ2) is 7.04. The molecule has 0 amide bonds. The summed E-state index contributed by atoms with van der Waals surface area (Å²) in [4.78, 5) is 8.90. The molecule has 1 aromatic heterocycles. The predicted molar refractivity (Wildman–Crippen MR) is 85.6 cm³/mol. The van der Waals surface area contributed by atoms with Gasteiger partial charge in [0.15, 0.2) is 0 Å². The van der Waals surface area contributed by atoms with Gasteiger partial charge in [0.05, 0.1) is 6.61 Å². The Morgan fingerprint density at radius 2 is 2.00 bits per heavy atom. The van der Waals surface area contributed by atoms with E-state index in [9.17, 15) is 0 Å². The molecule has 1 heterocycles. The molecule has 0 aliphatic rings. The van der Waals surface area contributed by atoms with Gasteiger partial charge >= 0.3 is 0 Å². The predicted octanol–water partition coefficient (Wildman–Crippen LogP) is 3.21. The molecule has 2 rings (SSSR count). The van der Waals surface area contributed by atoms with Crippen molar-refractivity contribution in [2.45, 2.75) is 33.3 Å². The van der Waals surface area contributed by atoms with Crippen molar-refractivity contribution in [1.82, 2.24) is 9.97 Å². The van der Waals surface area contributed by atoms with Crippen molar-refractivity contribution >= 4 is 17.3 Å². The van der Waals surface area contributed by atoms with Crippen LogP contribution in [-0.4, -0.2) is 17.1 Å². The van der Waals surface area contributed by atoms with Crippen LogP contribution in [-0.2, 0) is 17.8 Å². The molecule has 112 valence electrons. The van der Waals surface area contributed by atoms with E-state index in [0.29, 0.717) is 12.4 Å². The third kappa shape index (κ3) is 3.70. The molecule has 0 radical (unpaired) electrons. The largest absolute Gasteiger partial charge is 0.383 e. The fourth-order valence-electron chi connectivity index (χ4n) is 2.09. The maximum absolute atomic E-state index is 5.99. The molecule has 5 heteroatoms. The molecule has 0 unspecified atom stereocenters. The smallest absolute Gasteiger partial charge is 0.139 e. The summed E-state index contributed by atoms with van der Waals surface area (Å²) < 4.78 is 5.23. The number of para-hydroxylation sites is 1. The van der Waals surface area contributed by atoms with Crippen LogP contribution in [0.5, 0.6) is 0 Å². The minimum atomic E-state index is 0.528. The van der Waals surface area contributed by atoms with Gasteiger partial charge in [-0.25, -0.2) is 9.97 Å². The van der Waals surface area contributed by atoms with Crippen LogP contribution >= 0.6 is 0 Å². The van der Waals surface area contributed by atoms with Gasteiger partial charge in [0.1, 0.15) is 17.5 Å². The topological polar surface area (TPSA) is 73.1 Å². The zero-order chi connectivity index (χ0) is 15.2. The summed E-state index contributed by atoms with van der Waals surface area (Å²) in [6, 6.07) is 8.00. The van der Waals surface area contributed by atoms with Crippen LogP contribution < -0.4 is 11.1 Å². The van der Waals surface area contributed by atoms with Gasteiger partial charge in [-0.2, -0.15) is 0 Å². The Hall–Kier alpha value is -2.14. The third-order valence-electron chi connectivity index (χ3n) is 3.27. The second-order valence-electron chi connectivity index (χ2n) is 4.96. The molecule has 5 nitrogen and oxygen atoms in total. The fourth-order valence-corrected chi connectivity index (χ4v) is 2.09. The number of nitrogen functional groups attached to an aromatic ring is 1. The molecule has 2 aromatic rings. The van der Waals surface area contributed by atoms with Gasteiger partial charge in [-0.05, 0) is 19.4 Å². The van der Waals surface area contributed by atoms with Crippen molar-refractivity contribution in [2.24, 2.45) is 0 Å². The van der Waals surface area contributed by atoms with Crippen molar-refractivity contribution < 1.29 is 4.74 Å². The summed E-state index contributed by atoms with van der Waals surface area (Å²) in [7, 11) is 1.68. The van der Waals surface area contributed by atoms with Gasteiger partial charge < -0.3 is 15.8 Å². The lowest BCUT2D eigenvalue weighted by Gasteiger charge is -2.14. The second-order valence-corrected chi connectivity index (χ2v) is 4.96. The van der Waals surface area contributed by atoms with Crippen molar-refractivity contribution in [3.8, 4) is 0 Å². The highest BCUT2D eigenvalue weighted by Crippen LogP contribution is 2.25. The average molecular weight is 286 g/mol. The van der Waals surface area contributed by atoms with E-state index in [2.05, 4.69) is 22.2 Å². The van der Waals surface area contributed by atoms with Crippen molar-refractivity contribution in [2.75, 3.05) is 18.2 Å². The Morgan fingerprint density at radius 3 is 2.71 bits per heavy atom. The maximum atomic E-state index is 5.99. The van der Waals surface area contributed by atoms with Gasteiger partial charge in [-0.15, -0.1) is 0 Å². The third-order valence-corrected chi connectivity index (χ3v) is 3.27. The normalized spacial score (nSPS) is 10.6. The molecule has 1 aromatic carbocycles. The van der Waals surface area contributed by atoms with E-state index >= 15 is 0 Å². The van der Waals surface area contributed by atoms with E-state index in [0.717, 1.165) is 41.3 Å². The summed E-state index contributed by atoms with van der Waals surface area (Å²) in [6.45, 7) is 4.57.